The van der Waals surface area contributed by atoms with E-state index >= 15 is 0 Å². The van der Waals surface area contributed by atoms with Crippen LogP contribution >= 0.6 is 0 Å². The van der Waals surface area contributed by atoms with Crippen LogP contribution in [-0.4, -0.2) is 9.97 Å². The summed E-state index contributed by atoms with van der Waals surface area (Å²) in [7, 11) is 0. The first-order valence-electron chi connectivity index (χ1n) is 31.6. The Morgan fingerprint density at radius 2 is 0.348 bits per heavy atom. The van der Waals surface area contributed by atoms with Crippen molar-refractivity contribution in [2.45, 2.75) is 387 Å². The minimum absolute atomic E-state index is 1.17. The number of unbranched alkanes of at least 4 members (excludes halogenated alkanes) is 51. The maximum Gasteiger partial charge on any atom is 0.115 e. The first-order valence-corrected chi connectivity index (χ1v) is 31.6. The molecule has 0 radical (unpaired) electrons. The molecule has 2 nitrogen and oxygen atoms in total. The fourth-order valence-corrected chi connectivity index (χ4v) is 10.8. The van der Waals surface area contributed by atoms with Crippen molar-refractivity contribution in [3.63, 3.8) is 0 Å². The lowest BCUT2D eigenvalue weighted by molar-refractivity contribution is 0.523. The highest BCUT2D eigenvalue weighted by Crippen LogP contribution is 2.22. The van der Waals surface area contributed by atoms with Gasteiger partial charge in [-0.25, -0.2) is 9.97 Å². The van der Waals surface area contributed by atoms with Crippen molar-refractivity contribution in [3.8, 4) is 0 Å². The number of aromatic nitrogens is 2. The van der Waals surface area contributed by atoms with Crippen LogP contribution < -0.4 is 0 Å². The van der Waals surface area contributed by atoms with Crippen LogP contribution in [0, 0.1) is 0 Å². The SMILES string of the molecule is CCCCCCCCCCCCCCCCCCCCc1ncnc(CCCCCCCCCCCCCCCCCCCC)c1CCCCCCCCCCCCCCCCCCCC. The number of nitrogens with zero attached hydrogens (tertiary/aromatic N) is 2. The Morgan fingerprint density at radius 3 is 0.530 bits per heavy atom. The Hall–Kier alpha value is -0.920. The number of hydrogen-bond acceptors (Lipinski definition) is 2. The molecule has 0 atom stereocenters. The largest absolute Gasteiger partial charge is 0.241 e. The molecule has 0 saturated heterocycles. The monoisotopic (exact) mass is 921 g/mol. The van der Waals surface area contributed by atoms with Crippen molar-refractivity contribution >= 4 is 0 Å². The summed E-state index contributed by atoms with van der Waals surface area (Å²) < 4.78 is 0. The zero-order valence-electron chi connectivity index (χ0n) is 46.3. The van der Waals surface area contributed by atoms with Crippen LogP contribution in [0.3, 0.4) is 0 Å². The van der Waals surface area contributed by atoms with Crippen molar-refractivity contribution in [3.05, 3.63) is 23.3 Å². The summed E-state index contributed by atoms with van der Waals surface area (Å²) in [5, 5.41) is 0. The second-order valence-corrected chi connectivity index (χ2v) is 22.0. The standard InChI is InChI=1S/C64H124N2/c1-4-7-10-13-16-19-22-25-28-31-34-37-40-43-46-49-52-55-58-62-63(59-56-53-50-47-44-41-38-35-32-29-26-23-20-17-14-11-8-5-2)65-61-66-64(62)60-57-54-51-48-45-42-39-36-33-30-27-24-21-18-15-12-9-6-3/h61H,4-60H2,1-3H3. The normalized spacial score (nSPS) is 11.7. The summed E-state index contributed by atoms with van der Waals surface area (Å²) in [5.74, 6) is 0. The van der Waals surface area contributed by atoms with Crippen molar-refractivity contribution in [1.29, 1.82) is 0 Å². The van der Waals surface area contributed by atoms with E-state index < -0.39 is 0 Å². The predicted molar refractivity (Wildman–Crippen MR) is 299 cm³/mol. The molecule has 1 heterocycles. The summed E-state index contributed by atoms with van der Waals surface area (Å²) in [6, 6.07) is 0. The molecule has 66 heavy (non-hydrogen) atoms. The maximum absolute atomic E-state index is 4.97. The summed E-state index contributed by atoms with van der Waals surface area (Å²) in [5.41, 5.74) is 4.38. The Labute approximate surface area is 418 Å². The van der Waals surface area contributed by atoms with Crippen LogP contribution in [0.2, 0.25) is 0 Å². The van der Waals surface area contributed by atoms with Crippen molar-refractivity contribution in [2.75, 3.05) is 0 Å². The van der Waals surface area contributed by atoms with E-state index in [0.717, 1.165) is 0 Å². The van der Waals surface area contributed by atoms with E-state index in [4.69, 9.17) is 9.97 Å². The van der Waals surface area contributed by atoms with Gasteiger partial charge in [0.25, 0.3) is 0 Å². The molecule has 1 aromatic heterocycles. The second kappa shape index (κ2) is 55.0. The Kier molecular flexibility index (Phi) is 52.6. The van der Waals surface area contributed by atoms with Crippen LogP contribution in [0.15, 0.2) is 6.33 Å². The number of aryl methyl sites for hydroxylation is 2. The first kappa shape index (κ1) is 63.1. The summed E-state index contributed by atoms with van der Waals surface area (Å²) in [6.45, 7) is 6.95. The van der Waals surface area contributed by atoms with E-state index in [1.54, 1.807) is 5.56 Å². The van der Waals surface area contributed by atoms with E-state index in [1.807, 2.05) is 6.33 Å². The van der Waals surface area contributed by atoms with Gasteiger partial charge in [0.1, 0.15) is 6.33 Å². The highest BCUT2D eigenvalue weighted by atomic mass is 14.8. The van der Waals surface area contributed by atoms with E-state index in [-0.39, 0.29) is 0 Å². The van der Waals surface area contributed by atoms with Crippen LogP contribution in [-0.2, 0) is 19.3 Å². The van der Waals surface area contributed by atoms with Gasteiger partial charge in [0.05, 0.1) is 0 Å². The van der Waals surface area contributed by atoms with E-state index in [2.05, 4.69) is 20.8 Å². The molecule has 0 aromatic carbocycles. The average Bonchev–Trinajstić information content (AvgIpc) is 3.33. The van der Waals surface area contributed by atoms with Crippen LogP contribution in [0.1, 0.15) is 384 Å². The Balaban J connectivity index is 2.28. The van der Waals surface area contributed by atoms with Crippen molar-refractivity contribution < 1.29 is 0 Å². The molecule has 0 spiro atoms. The second-order valence-electron chi connectivity index (χ2n) is 22.0. The Morgan fingerprint density at radius 1 is 0.197 bits per heavy atom. The minimum atomic E-state index is 1.17. The van der Waals surface area contributed by atoms with E-state index in [1.165, 1.54) is 377 Å². The quantitative estimate of drug-likeness (QED) is 0.0609. The number of rotatable bonds is 57. The third-order valence-electron chi connectivity index (χ3n) is 15.4. The lowest BCUT2D eigenvalue weighted by Gasteiger charge is -2.14. The zero-order valence-corrected chi connectivity index (χ0v) is 46.3. The zero-order chi connectivity index (χ0) is 47.2. The summed E-state index contributed by atoms with van der Waals surface area (Å²) in [6.07, 6.45) is 83.2. The van der Waals surface area contributed by atoms with Gasteiger partial charge >= 0.3 is 0 Å². The maximum atomic E-state index is 4.97. The van der Waals surface area contributed by atoms with Gasteiger partial charge in [-0.3, -0.25) is 0 Å². The fraction of sp³-hybridized carbons (Fsp3) is 0.938. The van der Waals surface area contributed by atoms with Gasteiger partial charge in [-0.2, -0.15) is 0 Å². The molecule has 0 saturated carbocycles. The van der Waals surface area contributed by atoms with Gasteiger partial charge in [0.15, 0.2) is 0 Å². The number of hydrogen-bond donors (Lipinski definition) is 0. The Bertz CT molecular complexity index is 976. The molecular weight excluding hydrogens is 797 g/mol. The molecule has 0 fully saturated rings. The van der Waals surface area contributed by atoms with Gasteiger partial charge < -0.3 is 0 Å². The average molecular weight is 922 g/mol. The molecular formula is C64H124N2. The van der Waals surface area contributed by atoms with Crippen molar-refractivity contribution in [2.24, 2.45) is 0 Å². The van der Waals surface area contributed by atoms with E-state index in [0.29, 0.717) is 0 Å². The first-order chi connectivity index (χ1) is 32.8. The molecule has 0 unspecified atom stereocenters. The third-order valence-corrected chi connectivity index (χ3v) is 15.4. The van der Waals surface area contributed by atoms with Gasteiger partial charge in [-0.15, -0.1) is 0 Å². The fourth-order valence-electron chi connectivity index (χ4n) is 10.8. The predicted octanol–water partition coefficient (Wildman–Crippen LogP) is 23.2. The molecule has 1 aromatic rings. The van der Waals surface area contributed by atoms with Gasteiger partial charge in [-0.1, -0.05) is 348 Å². The highest BCUT2D eigenvalue weighted by molar-refractivity contribution is 5.25. The van der Waals surface area contributed by atoms with Crippen LogP contribution in [0.5, 0.6) is 0 Å². The molecule has 0 aliphatic heterocycles. The molecule has 0 bridgehead atoms. The summed E-state index contributed by atoms with van der Waals surface area (Å²) in [4.78, 5) is 9.94. The molecule has 0 amide bonds. The minimum Gasteiger partial charge on any atom is -0.241 e. The van der Waals surface area contributed by atoms with Crippen LogP contribution in [0.25, 0.3) is 0 Å². The lowest BCUT2D eigenvalue weighted by Crippen LogP contribution is -2.07. The summed E-state index contributed by atoms with van der Waals surface area (Å²) >= 11 is 0. The molecule has 2 heteroatoms. The lowest BCUT2D eigenvalue weighted by atomic mass is 9.96. The topological polar surface area (TPSA) is 25.8 Å². The van der Waals surface area contributed by atoms with Gasteiger partial charge in [0.2, 0.25) is 0 Å². The molecule has 390 valence electrons. The van der Waals surface area contributed by atoms with Gasteiger partial charge in [0, 0.05) is 11.4 Å². The van der Waals surface area contributed by atoms with Crippen LogP contribution in [0.4, 0.5) is 0 Å². The van der Waals surface area contributed by atoms with Gasteiger partial charge in [-0.05, 0) is 44.1 Å². The van der Waals surface area contributed by atoms with E-state index in [9.17, 15) is 0 Å². The van der Waals surface area contributed by atoms with Crippen molar-refractivity contribution in [1.82, 2.24) is 9.97 Å². The highest BCUT2D eigenvalue weighted by Gasteiger charge is 2.12. The molecule has 1 rings (SSSR count). The third kappa shape index (κ3) is 45.5. The molecule has 0 aliphatic rings. The molecule has 0 aliphatic carbocycles. The molecule has 0 N–H and O–H groups in total. The smallest absolute Gasteiger partial charge is 0.115 e.